The van der Waals surface area contributed by atoms with Crippen molar-refractivity contribution in [1.29, 1.82) is 0 Å². The van der Waals surface area contributed by atoms with E-state index in [1.807, 2.05) is 12.1 Å². The largest absolute Gasteiger partial charge is 0.370 e. The fraction of sp³-hybridized carbons (Fsp3) is 0.455. The number of guanidine groups is 1. The number of aromatic nitrogens is 1. The van der Waals surface area contributed by atoms with Gasteiger partial charge in [0.25, 0.3) is 0 Å². The molecule has 1 heterocycles. The Morgan fingerprint density at radius 3 is 2.35 bits per heavy atom. The molecule has 5 nitrogen and oxygen atoms in total. The van der Waals surface area contributed by atoms with Gasteiger partial charge >= 0.3 is 0 Å². The van der Waals surface area contributed by atoms with Crippen LogP contribution in [0.5, 0.6) is 0 Å². The molecule has 0 spiro atoms. The van der Waals surface area contributed by atoms with E-state index in [0.717, 1.165) is 24.5 Å². The summed E-state index contributed by atoms with van der Waals surface area (Å²) in [7, 11) is 0. The van der Waals surface area contributed by atoms with Gasteiger partial charge < -0.3 is 16.4 Å². The predicted octanol–water partition coefficient (Wildman–Crippen LogP) is 1.32. The smallest absolute Gasteiger partial charge is 0.186 e. The minimum atomic E-state index is 0. The van der Waals surface area contributed by atoms with E-state index in [1.165, 1.54) is 0 Å². The van der Waals surface area contributed by atoms with Gasteiger partial charge in [-0.3, -0.25) is 0 Å². The lowest BCUT2D eigenvalue weighted by Gasteiger charge is -2.19. The van der Waals surface area contributed by atoms with Crippen LogP contribution in [0.4, 0.5) is 5.82 Å². The Labute approximate surface area is 119 Å². The van der Waals surface area contributed by atoms with Crippen LogP contribution in [0.1, 0.15) is 19.4 Å². The lowest BCUT2D eigenvalue weighted by molar-refractivity contribution is 0.843. The number of pyridine rings is 1. The fourth-order valence-electron chi connectivity index (χ4n) is 1.43. The summed E-state index contributed by atoms with van der Waals surface area (Å²) in [5, 5.41) is 0. The Hall–Kier alpha value is -1.05. The average molecular weight is 349 g/mol. The highest BCUT2D eigenvalue weighted by Gasteiger charge is 2.02. The molecule has 0 aliphatic rings. The Balaban J connectivity index is 0.00000256. The number of nitrogens with zero attached hydrogens (tertiary/aromatic N) is 3. The standard InChI is InChI=1S/C11H19N5.HI/c1-3-16(4-2)10-6-5-9(7-14-10)8-15-11(12)13;/h5-7H,3-4,8H2,1-2H3,(H4,12,13,15);1H. The van der Waals surface area contributed by atoms with Gasteiger partial charge in [-0.1, -0.05) is 6.07 Å². The molecule has 0 unspecified atom stereocenters. The molecule has 0 aromatic carbocycles. The monoisotopic (exact) mass is 349 g/mol. The number of anilines is 1. The molecule has 17 heavy (non-hydrogen) atoms. The van der Waals surface area contributed by atoms with E-state index in [9.17, 15) is 0 Å². The fourth-order valence-corrected chi connectivity index (χ4v) is 1.43. The van der Waals surface area contributed by atoms with E-state index in [1.54, 1.807) is 6.20 Å². The van der Waals surface area contributed by atoms with Gasteiger partial charge in [0.05, 0.1) is 6.54 Å². The molecule has 0 aliphatic heterocycles. The molecule has 4 N–H and O–H groups in total. The van der Waals surface area contributed by atoms with Crippen LogP contribution in [0.2, 0.25) is 0 Å². The molecule has 6 heteroatoms. The second kappa shape index (κ2) is 8.10. The molecule has 0 radical (unpaired) electrons. The van der Waals surface area contributed by atoms with Crippen molar-refractivity contribution in [1.82, 2.24) is 4.98 Å². The molecule has 1 rings (SSSR count). The number of hydrogen-bond donors (Lipinski definition) is 2. The lowest BCUT2D eigenvalue weighted by Crippen LogP contribution is -2.23. The van der Waals surface area contributed by atoms with Gasteiger partial charge in [-0.25, -0.2) is 9.98 Å². The summed E-state index contributed by atoms with van der Waals surface area (Å²) in [6, 6.07) is 3.98. The van der Waals surface area contributed by atoms with Crippen molar-refractivity contribution < 1.29 is 0 Å². The molecule has 0 atom stereocenters. The van der Waals surface area contributed by atoms with E-state index in [4.69, 9.17) is 11.5 Å². The summed E-state index contributed by atoms with van der Waals surface area (Å²) < 4.78 is 0. The van der Waals surface area contributed by atoms with Gasteiger partial charge in [0.2, 0.25) is 0 Å². The predicted molar refractivity (Wildman–Crippen MR) is 82.7 cm³/mol. The summed E-state index contributed by atoms with van der Waals surface area (Å²) in [5.41, 5.74) is 11.5. The van der Waals surface area contributed by atoms with Crippen LogP contribution in [0, 0.1) is 0 Å². The molecule has 0 fully saturated rings. The molecular weight excluding hydrogens is 329 g/mol. The van der Waals surface area contributed by atoms with Gasteiger partial charge in [0.1, 0.15) is 5.82 Å². The molecule has 0 aliphatic carbocycles. The van der Waals surface area contributed by atoms with Crippen LogP contribution < -0.4 is 16.4 Å². The zero-order valence-electron chi connectivity index (χ0n) is 10.3. The van der Waals surface area contributed by atoms with Gasteiger partial charge in [-0.15, -0.1) is 24.0 Å². The van der Waals surface area contributed by atoms with Crippen molar-refractivity contribution >= 4 is 35.8 Å². The summed E-state index contributed by atoms with van der Waals surface area (Å²) in [6.07, 6.45) is 1.81. The number of hydrogen-bond acceptors (Lipinski definition) is 3. The Morgan fingerprint density at radius 2 is 1.94 bits per heavy atom. The third-order valence-electron chi connectivity index (χ3n) is 2.34. The zero-order chi connectivity index (χ0) is 12.0. The van der Waals surface area contributed by atoms with Crippen LogP contribution in [0.3, 0.4) is 0 Å². The molecule has 1 aromatic heterocycles. The van der Waals surface area contributed by atoms with Gasteiger partial charge in [0.15, 0.2) is 5.96 Å². The van der Waals surface area contributed by atoms with Crippen molar-refractivity contribution in [3.63, 3.8) is 0 Å². The number of aliphatic imine (C=N–C) groups is 1. The van der Waals surface area contributed by atoms with Gasteiger partial charge in [-0.2, -0.15) is 0 Å². The van der Waals surface area contributed by atoms with Gasteiger partial charge in [0, 0.05) is 19.3 Å². The Morgan fingerprint density at radius 1 is 1.29 bits per heavy atom. The molecule has 0 amide bonds. The third-order valence-corrected chi connectivity index (χ3v) is 2.34. The van der Waals surface area contributed by atoms with Crippen molar-refractivity contribution in [2.45, 2.75) is 20.4 Å². The summed E-state index contributed by atoms with van der Waals surface area (Å²) in [4.78, 5) is 10.5. The average Bonchev–Trinajstić information content (AvgIpc) is 2.29. The third kappa shape index (κ3) is 5.20. The maximum atomic E-state index is 5.26. The van der Waals surface area contributed by atoms with Crippen molar-refractivity contribution in [3.8, 4) is 0 Å². The van der Waals surface area contributed by atoms with Crippen LogP contribution in [0.15, 0.2) is 23.3 Å². The number of rotatable bonds is 5. The van der Waals surface area contributed by atoms with E-state index in [0.29, 0.717) is 6.54 Å². The molecule has 1 aromatic rings. The van der Waals surface area contributed by atoms with Crippen LogP contribution in [-0.4, -0.2) is 24.0 Å². The van der Waals surface area contributed by atoms with E-state index < -0.39 is 0 Å². The maximum absolute atomic E-state index is 5.26. The maximum Gasteiger partial charge on any atom is 0.186 e. The van der Waals surface area contributed by atoms with Crippen molar-refractivity contribution in [3.05, 3.63) is 23.9 Å². The first-order chi connectivity index (χ1) is 7.67. The minimum absolute atomic E-state index is 0. The van der Waals surface area contributed by atoms with Gasteiger partial charge in [-0.05, 0) is 25.5 Å². The Bertz CT molecular complexity index is 341. The summed E-state index contributed by atoms with van der Waals surface area (Å²) >= 11 is 0. The molecular formula is C11H20IN5. The second-order valence-corrected chi connectivity index (χ2v) is 3.44. The van der Waals surface area contributed by atoms with E-state index >= 15 is 0 Å². The molecule has 96 valence electrons. The zero-order valence-corrected chi connectivity index (χ0v) is 12.6. The van der Waals surface area contributed by atoms with Crippen molar-refractivity contribution in [2.75, 3.05) is 18.0 Å². The first-order valence-electron chi connectivity index (χ1n) is 5.42. The number of nitrogens with two attached hydrogens (primary N) is 2. The summed E-state index contributed by atoms with van der Waals surface area (Å²) in [6.45, 7) is 6.61. The Kier molecular flexibility index (Phi) is 7.60. The van der Waals surface area contributed by atoms with Crippen LogP contribution in [-0.2, 0) is 6.54 Å². The highest BCUT2D eigenvalue weighted by atomic mass is 127. The van der Waals surface area contributed by atoms with Crippen LogP contribution >= 0.6 is 24.0 Å². The van der Waals surface area contributed by atoms with E-state index in [2.05, 4.69) is 28.7 Å². The molecule has 0 saturated heterocycles. The minimum Gasteiger partial charge on any atom is -0.370 e. The highest BCUT2D eigenvalue weighted by molar-refractivity contribution is 14.0. The molecule has 0 bridgehead atoms. The number of halogens is 1. The highest BCUT2D eigenvalue weighted by Crippen LogP contribution is 2.11. The lowest BCUT2D eigenvalue weighted by atomic mass is 10.3. The molecule has 0 saturated carbocycles. The first-order valence-corrected chi connectivity index (χ1v) is 5.42. The second-order valence-electron chi connectivity index (χ2n) is 3.44. The van der Waals surface area contributed by atoms with E-state index in [-0.39, 0.29) is 29.9 Å². The van der Waals surface area contributed by atoms with Crippen molar-refractivity contribution in [2.24, 2.45) is 16.5 Å². The SMILES string of the molecule is CCN(CC)c1ccc(CN=C(N)N)cn1.I. The topological polar surface area (TPSA) is 80.5 Å². The first kappa shape index (κ1) is 16.0. The quantitative estimate of drug-likeness (QED) is 0.477. The summed E-state index contributed by atoms with van der Waals surface area (Å²) in [5.74, 6) is 1.09. The van der Waals surface area contributed by atoms with Crippen LogP contribution in [0.25, 0.3) is 0 Å². The normalized spacial score (nSPS) is 9.29.